The summed E-state index contributed by atoms with van der Waals surface area (Å²) >= 11 is 0. The zero-order valence-electron chi connectivity index (χ0n) is 16.5. The second kappa shape index (κ2) is 6.87. The highest BCUT2D eigenvalue weighted by Gasteiger charge is 2.44. The normalized spacial score (nSPS) is 25.8. The maximum absolute atomic E-state index is 12.5. The lowest BCUT2D eigenvalue weighted by atomic mass is 9.98. The molecule has 2 saturated heterocycles. The molecule has 6 heteroatoms. The number of piperidine rings is 1. The fourth-order valence-corrected chi connectivity index (χ4v) is 4.59. The number of hydrogen-bond donors (Lipinski definition) is 1. The van der Waals surface area contributed by atoms with Gasteiger partial charge in [-0.15, -0.1) is 0 Å². The van der Waals surface area contributed by atoms with Crippen LogP contribution in [0.1, 0.15) is 50.4 Å². The third-order valence-electron chi connectivity index (χ3n) is 6.63. The van der Waals surface area contributed by atoms with Crippen molar-refractivity contribution in [2.24, 2.45) is 5.41 Å². The number of hydrogen-bond acceptors (Lipinski definition) is 3. The average molecular weight is 360 g/mol. The maximum Gasteiger partial charge on any atom is 0.317 e. The number of rotatable bonds is 5. The molecule has 26 heavy (non-hydrogen) atoms. The second-order valence-electron chi connectivity index (χ2n) is 8.88. The molecule has 3 heterocycles. The molecule has 1 atom stereocenters. The van der Waals surface area contributed by atoms with E-state index in [-0.39, 0.29) is 11.4 Å². The summed E-state index contributed by atoms with van der Waals surface area (Å²) in [7, 11) is 0. The van der Waals surface area contributed by atoms with Gasteiger partial charge in [-0.1, -0.05) is 6.42 Å². The number of nitrogens with zero attached hydrogens (tertiary/aromatic N) is 4. The number of aromatic nitrogens is 2. The summed E-state index contributed by atoms with van der Waals surface area (Å²) in [5.74, 6) is 0. The van der Waals surface area contributed by atoms with Crippen LogP contribution in [0.15, 0.2) is 6.07 Å². The number of likely N-dealkylation sites (tertiary alicyclic amines) is 2. The van der Waals surface area contributed by atoms with Crippen LogP contribution in [0.25, 0.3) is 0 Å². The minimum Gasteiger partial charge on any atom is -0.337 e. The number of amides is 2. The van der Waals surface area contributed by atoms with E-state index < -0.39 is 0 Å². The van der Waals surface area contributed by atoms with Gasteiger partial charge in [-0.2, -0.15) is 5.10 Å². The predicted octanol–water partition coefficient (Wildman–Crippen LogP) is 2.55. The molecule has 4 rings (SSSR count). The first-order valence-corrected chi connectivity index (χ1v) is 10.3. The van der Waals surface area contributed by atoms with E-state index in [0.29, 0.717) is 12.1 Å². The molecule has 1 aliphatic carbocycles. The Morgan fingerprint density at radius 3 is 2.69 bits per heavy atom. The van der Waals surface area contributed by atoms with E-state index in [9.17, 15) is 4.79 Å². The summed E-state index contributed by atoms with van der Waals surface area (Å²) in [6, 6.07) is 3.48. The number of carbonyl (C=O) groups excluding carboxylic acids is 1. The molecule has 144 valence electrons. The van der Waals surface area contributed by atoms with Crippen molar-refractivity contribution in [1.82, 2.24) is 24.9 Å². The topological polar surface area (TPSA) is 53.4 Å². The molecule has 2 amide bonds. The van der Waals surface area contributed by atoms with Crippen molar-refractivity contribution >= 4 is 6.03 Å². The van der Waals surface area contributed by atoms with Crippen LogP contribution in [0, 0.1) is 19.3 Å². The first-order valence-electron chi connectivity index (χ1n) is 10.3. The zero-order valence-corrected chi connectivity index (χ0v) is 16.5. The van der Waals surface area contributed by atoms with Crippen LogP contribution in [0.2, 0.25) is 0 Å². The van der Waals surface area contributed by atoms with Crippen molar-refractivity contribution in [1.29, 1.82) is 0 Å². The quantitative estimate of drug-likeness (QED) is 0.879. The van der Waals surface area contributed by atoms with Crippen LogP contribution in [-0.2, 0) is 6.54 Å². The minimum absolute atomic E-state index is 0.116. The van der Waals surface area contributed by atoms with Gasteiger partial charge in [-0.05, 0) is 59.1 Å². The molecule has 0 spiro atoms. The highest BCUT2D eigenvalue weighted by molar-refractivity contribution is 5.75. The fraction of sp³-hybridized carbons (Fsp3) is 0.800. The molecule has 1 aromatic heterocycles. The molecule has 1 N–H and O–H groups in total. The van der Waals surface area contributed by atoms with E-state index in [1.54, 1.807) is 0 Å². The van der Waals surface area contributed by atoms with E-state index in [0.717, 1.165) is 31.9 Å². The largest absolute Gasteiger partial charge is 0.337 e. The fourth-order valence-electron chi connectivity index (χ4n) is 4.59. The van der Waals surface area contributed by atoms with Crippen LogP contribution in [0.4, 0.5) is 4.79 Å². The second-order valence-corrected chi connectivity index (χ2v) is 8.88. The maximum atomic E-state index is 12.5. The third-order valence-corrected chi connectivity index (χ3v) is 6.63. The summed E-state index contributed by atoms with van der Waals surface area (Å²) in [6.45, 7) is 11.1. The molecule has 3 aliphatic rings. The van der Waals surface area contributed by atoms with Gasteiger partial charge in [0, 0.05) is 49.4 Å². The van der Waals surface area contributed by atoms with Crippen molar-refractivity contribution in [3.05, 3.63) is 17.5 Å². The summed E-state index contributed by atoms with van der Waals surface area (Å²) in [5, 5.41) is 7.78. The monoisotopic (exact) mass is 359 g/mol. The molecular weight excluding hydrogens is 326 g/mol. The van der Waals surface area contributed by atoms with Crippen LogP contribution >= 0.6 is 0 Å². The van der Waals surface area contributed by atoms with Gasteiger partial charge < -0.3 is 10.2 Å². The van der Waals surface area contributed by atoms with E-state index in [1.165, 1.54) is 44.3 Å². The predicted molar refractivity (Wildman–Crippen MR) is 102 cm³/mol. The Balaban J connectivity index is 1.23. The smallest absolute Gasteiger partial charge is 0.317 e. The number of urea groups is 1. The van der Waals surface area contributed by atoms with Gasteiger partial charge >= 0.3 is 6.03 Å². The number of nitrogens with one attached hydrogen (secondary N) is 1. The van der Waals surface area contributed by atoms with Gasteiger partial charge in [-0.3, -0.25) is 9.58 Å². The first kappa shape index (κ1) is 17.8. The molecule has 1 aromatic rings. The lowest BCUT2D eigenvalue weighted by Crippen LogP contribution is -2.65. The zero-order chi connectivity index (χ0) is 18.3. The average Bonchev–Trinajstić information content (AvgIpc) is 3.25. The lowest BCUT2D eigenvalue weighted by molar-refractivity contribution is 0.0166. The Bertz CT molecular complexity index is 659. The first-order chi connectivity index (χ1) is 12.5. The molecular formula is C20H33N5O. The standard InChI is InChI=1S/C20H33N5O/c1-15-10-17(3)25(22-15)14-20(7-8-20)13-21-19(26)23-11-18(12-23)24-9-5-4-6-16(24)2/h10,16,18H,4-9,11-14H2,1-3H3,(H,21,26)/t16-/m0/s1. The molecule has 1 saturated carbocycles. The number of carbonyl (C=O) groups is 1. The molecule has 6 nitrogen and oxygen atoms in total. The van der Waals surface area contributed by atoms with Gasteiger partial charge in [0.15, 0.2) is 0 Å². The van der Waals surface area contributed by atoms with Crippen LogP contribution in [0.3, 0.4) is 0 Å². The summed E-state index contributed by atoms with van der Waals surface area (Å²) in [5.41, 5.74) is 2.49. The van der Waals surface area contributed by atoms with Gasteiger partial charge in [0.05, 0.1) is 5.69 Å². The van der Waals surface area contributed by atoms with Crippen molar-refractivity contribution < 1.29 is 4.79 Å². The van der Waals surface area contributed by atoms with Crippen LogP contribution in [-0.4, -0.2) is 63.9 Å². The molecule has 0 radical (unpaired) electrons. The van der Waals surface area contributed by atoms with E-state index in [2.05, 4.69) is 39.9 Å². The Kier molecular flexibility index (Phi) is 4.71. The van der Waals surface area contributed by atoms with Gasteiger partial charge in [0.2, 0.25) is 0 Å². The highest BCUT2D eigenvalue weighted by atomic mass is 16.2. The van der Waals surface area contributed by atoms with E-state index >= 15 is 0 Å². The molecule has 0 aromatic carbocycles. The van der Waals surface area contributed by atoms with Gasteiger partial charge in [0.25, 0.3) is 0 Å². The Morgan fingerprint density at radius 2 is 2.08 bits per heavy atom. The molecule has 0 bridgehead atoms. The molecule has 0 unspecified atom stereocenters. The van der Waals surface area contributed by atoms with Gasteiger partial charge in [-0.25, -0.2) is 4.79 Å². The minimum atomic E-state index is 0.116. The van der Waals surface area contributed by atoms with Gasteiger partial charge in [0.1, 0.15) is 0 Å². The lowest BCUT2D eigenvalue weighted by Gasteiger charge is -2.49. The van der Waals surface area contributed by atoms with Crippen LogP contribution < -0.4 is 5.32 Å². The SMILES string of the molecule is Cc1cc(C)n(CC2(CNC(=O)N3CC(N4CCCC[C@@H]4C)C3)CC2)n1. The summed E-state index contributed by atoms with van der Waals surface area (Å²) in [4.78, 5) is 17.1. The summed E-state index contributed by atoms with van der Waals surface area (Å²) in [6.07, 6.45) is 6.32. The Morgan fingerprint density at radius 1 is 1.31 bits per heavy atom. The van der Waals surface area contributed by atoms with Crippen LogP contribution in [0.5, 0.6) is 0 Å². The number of aryl methyl sites for hydroxylation is 2. The Hall–Kier alpha value is -1.56. The highest BCUT2D eigenvalue weighted by Crippen LogP contribution is 2.46. The van der Waals surface area contributed by atoms with Crippen molar-refractivity contribution in [3.63, 3.8) is 0 Å². The van der Waals surface area contributed by atoms with E-state index in [1.807, 2.05) is 11.8 Å². The van der Waals surface area contributed by atoms with Crippen molar-refractivity contribution in [3.8, 4) is 0 Å². The molecule has 3 fully saturated rings. The van der Waals surface area contributed by atoms with Crippen molar-refractivity contribution in [2.75, 3.05) is 26.2 Å². The third kappa shape index (κ3) is 3.61. The van der Waals surface area contributed by atoms with E-state index in [4.69, 9.17) is 0 Å². The molecule has 2 aliphatic heterocycles. The Labute approximate surface area is 156 Å². The summed E-state index contributed by atoms with van der Waals surface area (Å²) < 4.78 is 2.10. The van der Waals surface area contributed by atoms with Crippen molar-refractivity contribution in [2.45, 2.75) is 71.5 Å².